The Hall–Kier alpha value is -1.20. The Morgan fingerprint density at radius 1 is 1.29 bits per heavy atom. The number of aliphatic hydroxyl groups excluding tert-OH is 1. The number of phenols is 1. The molecule has 1 fully saturated rings. The molecule has 21 heavy (non-hydrogen) atoms. The number of thioether (sulfide) groups is 1. The van der Waals surface area contributed by atoms with E-state index in [0.717, 1.165) is 29.5 Å². The number of aryl methyl sites for hydroxylation is 2. The molecule has 1 unspecified atom stereocenters. The molecule has 1 amide bonds. The van der Waals surface area contributed by atoms with E-state index in [-0.39, 0.29) is 17.9 Å². The summed E-state index contributed by atoms with van der Waals surface area (Å²) in [4.78, 5) is 13.9. The molecule has 5 heteroatoms. The number of carbonyl (C=O) groups excluding carboxylic acids is 1. The van der Waals surface area contributed by atoms with Gasteiger partial charge in [0.25, 0.3) is 0 Å². The summed E-state index contributed by atoms with van der Waals surface area (Å²) in [5, 5.41) is 19.2. The van der Waals surface area contributed by atoms with E-state index in [1.54, 1.807) is 11.8 Å². The molecule has 0 bridgehead atoms. The van der Waals surface area contributed by atoms with Crippen LogP contribution < -0.4 is 0 Å². The van der Waals surface area contributed by atoms with Gasteiger partial charge in [-0.15, -0.1) is 11.8 Å². The predicted molar refractivity (Wildman–Crippen MR) is 85.5 cm³/mol. The smallest absolute Gasteiger partial charge is 0.233 e. The summed E-state index contributed by atoms with van der Waals surface area (Å²) in [6.45, 7) is 4.72. The van der Waals surface area contributed by atoms with E-state index in [9.17, 15) is 9.90 Å². The molecule has 1 saturated heterocycles. The van der Waals surface area contributed by atoms with Crippen molar-refractivity contribution in [2.45, 2.75) is 38.5 Å². The average molecular weight is 309 g/mol. The van der Waals surface area contributed by atoms with Crippen LogP contribution in [0.3, 0.4) is 0 Å². The first kappa shape index (κ1) is 16.2. The molecule has 1 atom stereocenters. The third-order valence-electron chi connectivity index (χ3n) is 3.86. The van der Waals surface area contributed by atoms with Gasteiger partial charge in [0.2, 0.25) is 5.91 Å². The maximum absolute atomic E-state index is 12.0. The van der Waals surface area contributed by atoms with Gasteiger partial charge >= 0.3 is 0 Å². The summed E-state index contributed by atoms with van der Waals surface area (Å²) in [5.41, 5.74) is 2.95. The van der Waals surface area contributed by atoms with Crippen molar-refractivity contribution < 1.29 is 15.0 Å². The van der Waals surface area contributed by atoms with Crippen LogP contribution in [0.4, 0.5) is 0 Å². The average Bonchev–Trinajstić information content (AvgIpc) is 2.86. The molecular formula is C16H23NO3S. The van der Waals surface area contributed by atoms with E-state index >= 15 is 0 Å². The second-order valence-electron chi connectivity index (χ2n) is 5.22. The van der Waals surface area contributed by atoms with Crippen molar-refractivity contribution in [3.63, 3.8) is 0 Å². The van der Waals surface area contributed by atoms with Gasteiger partial charge in [-0.1, -0.05) is 13.8 Å². The summed E-state index contributed by atoms with van der Waals surface area (Å²) < 4.78 is 0. The van der Waals surface area contributed by atoms with Crippen molar-refractivity contribution in [1.29, 1.82) is 0 Å². The first-order chi connectivity index (χ1) is 10.1. The minimum Gasteiger partial charge on any atom is -0.507 e. The first-order valence-corrected chi connectivity index (χ1v) is 8.53. The van der Waals surface area contributed by atoms with Crippen LogP contribution in [0, 0.1) is 0 Å². The van der Waals surface area contributed by atoms with Gasteiger partial charge in [-0.3, -0.25) is 4.79 Å². The van der Waals surface area contributed by atoms with Crippen molar-refractivity contribution in [3.05, 3.63) is 28.8 Å². The molecule has 2 N–H and O–H groups in total. The second kappa shape index (κ2) is 7.18. The largest absolute Gasteiger partial charge is 0.507 e. The molecule has 116 valence electrons. The van der Waals surface area contributed by atoms with Crippen molar-refractivity contribution in [3.8, 4) is 5.75 Å². The van der Waals surface area contributed by atoms with E-state index in [4.69, 9.17) is 5.11 Å². The van der Waals surface area contributed by atoms with Gasteiger partial charge in [0.15, 0.2) is 0 Å². The molecule has 4 nitrogen and oxygen atoms in total. The fraction of sp³-hybridized carbons (Fsp3) is 0.562. The Labute approximate surface area is 130 Å². The van der Waals surface area contributed by atoms with Crippen molar-refractivity contribution in [2.24, 2.45) is 0 Å². The highest BCUT2D eigenvalue weighted by atomic mass is 32.2. The van der Waals surface area contributed by atoms with E-state index in [2.05, 4.69) is 0 Å². The lowest BCUT2D eigenvalue weighted by molar-refractivity contribution is -0.128. The number of amides is 1. The summed E-state index contributed by atoms with van der Waals surface area (Å²) >= 11 is 1.62. The number of nitrogens with zero attached hydrogens (tertiary/aromatic N) is 1. The quantitative estimate of drug-likeness (QED) is 0.847. The van der Waals surface area contributed by atoms with Crippen LogP contribution in [0.1, 0.15) is 42.3 Å². The lowest BCUT2D eigenvalue weighted by Crippen LogP contribution is -2.29. The van der Waals surface area contributed by atoms with Crippen molar-refractivity contribution >= 4 is 17.7 Å². The third kappa shape index (κ3) is 3.35. The Kier molecular flexibility index (Phi) is 5.53. The molecule has 1 aliphatic rings. The zero-order valence-corrected chi connectivity index (χ0v) is 13.4. The van der Waals surface area contributed by atoms with Crippen molar-refractivity contribution in [1.82, 2.24) is 4.90 Å². The number of phenolic OH excluding ortho intramolecular Hbond substituents is 1. The minimum absolute atomic E-state index is 0.000231. The van der Waals surface area contributed by atoms with Gasteiger partial charge < -0.3 is 15.1 Å². The zero-order chi connectivity index (χ0) is 15.4. The molecule has 0 aliphatic carbocycles. The molecule has 2 rings (SSSR count). The molecular weight excluding hydrogens is 286 g/mol. The number of aliphatic hydroxyl groups is 1. The van der Waals surface area contributed by atoms with Gasteiger partial charge in [-0.05, 0) is 48.1 Å². The Bertz CT molecular complexity index is 493. The monoisotopic (exact) mass is 309 g/mol. The fourth-order valence-corrected chi connectivity index (χ4v) is 3.88. The summed E-state index contributed by atoms with van der Waals surface area (Å²) in [7, 11) is 0. The number of hydrogen-bond acceptors (Lipinski definition) is 4. The van der Waals surface area contributed by atoms with Crippen LogP contribution in [-0.2, 0) is 17.6 Å². The molecule has 1 aromatic carbocycles. The highest BCUT2D eigenvalue weighted by Gasteiger charge is 2.32. The van der Waals surface area contributed by atoms with Gasteiger partial charge in [0.1, 0.15) is 11.1 Å². The molecule has 1 aromatic rings. The minimum atomic E-state index is 0.000231. The van der Waals surface area contributed by atoms with Crippen LogP contribution >= 0.6 is 11.8 Å². The highest BCUT2D eigenvalue weighted by Crippen LogP contribution is 2.41. The van der Waals surface area contributed by atoms with Gasteiger partial charge in [0, 0.05) is 13.2 Å². The number of rotatable bonds is 6. The van der Waals surface area contributed by atoms with E-state index < -0.39 is 0 Å². The maximum atomic E-state index is 12.0. The fourth-order valence-electron chi connectivity index (χ4n) is 2.68. The van der Waals surface area contributed by atoms with E-state index in [0.29, 0.717) is 24.5 Å². The second-order valence-corrected chi connectivity index (χ2v) is 6.29. The number of hydrogen-bond donors (Lipinski definition) is 2. The molecule has 0 aromatic heterocycles. The summed E-state index contributed by atoms with van der Waals surface area (Å²) in [5.74, 6) is 1.00. The van der Waals surface area contributed by atoms with Gasteiger partial charge in [-0.2, -0.15) is 0 Å². The Balaban J connectivity index is 2.33. The Morgan fingerprint density at radius 3 is 2.43 bits per heavy atom. The summed E-state index contributed by atoms with van der Waals surface area (Å²) in [6, 6.07) is 4.02. The van der Waals surface area contributed by atoms with Crippen LogP contribution in [0.2, 0.25) is 0 Å². The normalized spacial score (nSPS) is 18.5. The van der Waals surface area contributed by atoms with Crippen LogP contribution in [-0.4, -0.2) is 39.9 Å². The number of benzene rings is 1. The van der Waals surface area contributed by atoms with Crippen LogP contribution in [0.5, 0.6) is 5.75 Å². The number of carbonyl (C=O) groups is 1. The zero-order valence-electron chi connectivity index (χ0n) is 12.6. The van der Waals surface area contributed by atoms with E-state index in [1.165, 1.54) is 0 Å². The molecule has 0 radical (unpaired) electrons. The lowest BCUT2D eigenvalue weighted by atomic mass is 10.00. The van der Waals surface area contributed by atoms with E-state index in [1.807, 2.05) is 30.9 Å². The molecule has 1 heterocycles. The predicted octanol–water partition coefficient (Wildman–Crippen LogP) is 2.47. The summed E-state index contributed by atoms with van der Waals surface area (Å²) in [6.07, 6.45) is 2.14. The number of aromatic hydroxyl groups is 1. The topological polar surface area (TPSA) is 60.8 Å². The standard InChI is InChI=1S/C16H23NO3S/c1-3-11-8-13(9-12(4-2)15(11)20)16-17(6-5-7-18)14(19)10-21-16/h8-9,16,18,20H,3-7,10H2,1-2H3. The van der Waals surface area contributed by atoms with Crippen LogP contribution in [0.15, 0.2) is 12.1 Å². The molecule has 0 spiro atoms. The van der Waals surface area contributed by atoms with Crippen molar-refractivity contribution in [2.75, 3.05) is 18.9 Å². The SMILES string of the molecule is CCc1cc(C2SCC(=O)N2CCCO)cc(CC)c1O. The highest BCUT2D eigenvalue weighted by molar-refractivity contribution is 8.00. The third-order valence-corrected chi connectivity index (χ3v) is 5.12. The van der Waals surface area contributed by atoms with Gasteiger partial charge in [0.05, 0.1) is 5.75 Å². The molecule has 0 saturated carbocycles. The molecule has 1 aliphatic heterocycles. The van der Waals surface area contributed by atoms with Gasteiger partial charge in [-0.25, -0.2) is 0 Å². The van der Waals surface area contributed by atoms with Crippen LogP contribution in [0.25, 0.3) is 0 Å². The first-order valence-electron chi connectivity index (χ1n) is 7.48. The lowest BCUT2D eigenvalue weighted by Gasteiger charge is -2.25. The Morgan fingerprint density at radius 2 is 1.90 bits per heavy atom. The maximum Gasteiger partial charge on any atom is 0.233 e.